The molecule has 1 heterocycles. The second-order valence-corrected chi connectivity index (χ2v) is 5.71. The molecule has 0 amide bonds. The molecule has 0 aliphatic heterocycles. The van der Waals surface area contributed by atoms with Crippen LogP contribution in [0.25, 0.3) is 10.9 Å². The molecule has 21 heavy (non-hydrogen) atoms. The fraction of sp³-hybridized carbons (Fsp3) is 0.118. The van der Waals surface area contributed by atoms with E-state index in [0.29, 0.717) is 11.5 Å². The molecule has 0 unspecified atom stereocenters. The highest BCUT2D eigenvalue weighted by molar-refractivity contribution is 9.10. The molecule has 0 spiro atoms. The topological polar surface area (TPSA) is 42.4 Å². The molecule has 3 rings (SSSR count). The minimum atomic E-state index is -0.0696. The molecule has 0 aliphatic carbocycles. The van der Waals surface area contributed by atoms with Crippen molar-refractivity contribution in [3.8, 4) is 11.5 Å². The fourth-order valence-electron chi connectivity index (χ4n) is 2.17. The first-order chi connectivity index (χ1) is 10.2. The van der Waals surface area contributed by atoms with E-state index in [0.717, 1.165) is 26.6 Å². The third kappa shape index (κ3) is 2.91. The van der Waals surface area contributed by atoms with Crippen molar-refractivity contribution in [2.75, 3.05) is 0 Å². The number of fused-ring (bicyclic) bond motifs is 1. The Kier molecular flexibility index (Phi) is 3.90. The number of benzene rings is 2. The molecule has 0 bridgehead atoms. The summed E-state index contributed by atoms with van der Waals surface area (Å²) in [6, 6.07) is 15.4. The summed E-state index contributed by atoms with van der Waals surface area (Å²) in [5.41, 5.74) is 2.50. The second kappa shape index (κ2) is 5.84. The molecule has 3 aromatic rings. The summed E-state index contributed by atoms with van der Waals surface area (Å²) in [6.45, 7) is 1.88. The SMILES string of the molecule is Cc1ccc2cccc(Oc3cc(Br)ccc3CO)c2n1. The summed E-state index contributed by atoms with van der Waals surface area (Å²) < 4.78 is 6.90. The summed E-state index contributed by atoms with van der Waals surface area (Å²) in [7, 11) is 0. The monoisotopic (exact) mass is 343 g/mol. The lowest BCUT2D eigenvalue weighted by Crippen LogP contribution is -1.94. The van der Waals surface area contributed by atoms with Crippen molar-refractivity contribution in [1.29, 1.82) is 0 Å². The quantitative estimate of drug-likeness (QED) is 0.756. The normalized spacial score (nSPS) is 10.8. The third-order valence-electron chi connectivity index (χ3n) is 3.24. The molecule has 0 aliphatic rings. The first-order valence-electron chi connectivity index (χ1n) is 6.61. The van der Waals surface area contributed by atoms with Gasteiger partial charge in [-0.3, -0.25) is 0 Å². The van der Waals surface area contributed by atoms with E-state index >= 15 is 0 Å². The number of rotatable bonds is 3. The maximum atomic E-state index is 9.43. The van der Waals surface area contributed by atoms with Crippen molar-refractivity contribution in [2.24, 2.45) is 0 Å². The third-order valence-corrected chi connectivity index (χ3v) is 3.74. The Morgan fingerprint density at radius 3 is 2.76 bits per heavy atom. The largest absolute Gasteiger partial charge is 0.455 e. The van der Waals surface area contributed by atoms with Crippen molar-refractivity contribution < 1.29 is 9.84 Å². The molecule has 106 valence electrons. The highest BCUT2D eigenvalue weighted by Gasteiger charge is 2.09. The Labute approximate surface area is 131 Å². The van der Waals surface area contributed by atoms with E-state index < -0.39 is 0 Å². The van der Waals surface area contributed by atoms with Crippen molar-refractivity contribution in [2.45, 2.75) is 13.5 Å². The van der Waals surface area contributed by atoms with Crippen LogP contribution in [-0.2, 0) is 6.61 Å². The minimum absolute atomic E-state index is 0.0696. The van der Waals surface area contributed by atoms with Crippen LogP contribution in [0.2, 0.25) is 0 Å². The van der Waals surface area contributed by atoms with Gasteiger partial charge in [0.15, 0.2) is 5.75 Å². The van der Waals surface area contributed by atoms with Gasteiger partial charge in [-0.1, -0.05) is 40.2 Å². The highest BCUT2D eigenvalue weighted by atomic mass is 79.9. The van der Waals surface area contributed by atoms with Crippen molar-refractivity contribution in [3.05, 3.63) is 64.3 Å². The van der Waals surface area contributed by atoms with E-state index in [1.54, 1.807) is 0 Å². The minimum Gasteiger partial charge on any atom is -0.455 e. The van der Waals surface area contributed by atoms with Crippen LogP contribution in [-0.4, -0.2) is 10.1 Å². The molecule has 0 fully saturated rings. The van der Waals surface area contributed by atoms with E-state index in [4.69, 9.17) is 4.74 Å². The van der Waals surface area contributed by atoms with Crippen LogP contribution >= 0.6 is 15.9 Å². The first kappa shape index (κ1) is 14.0. The Hall–Kier alpha value is -1.91. The second-order valence-electron chi connectivity index (χ2n) is 4.79. The molecule has 4 heteroatoms. The zero-order chi connectivity index (χ0) is 14.8. The van der Waals surface area contributed by atoms with E-state index in [1.165, 1.54) is 0 Å². The number of halogens is 1. The lowest BCUT2D eigenvalue weighted by Gasteiger charge is -2.12. The standard InChI is InChI=1S/C17H14BrNO2/c1-11-5-6-12-3-2-4-15(17(12)19-11)21-16-9-14(18)8-7-13(16)10-20/h2-9,20H,10H2,1H3. The number of aliphatic hydroxyl groups is 1. The smallest absolute Gasteiger partial charge is 0.153 e. The van der Waals surface area contributed by atoms with E-state index in [1.807, 2.05) is 55.5 Å². The van der Waals surface area contributed by atoms with Crippen LogP contribution in [0.5, 0.6) is 11.5 Å². The number of aromatic nitrogens is 1. The van der Waals surface area contributed by atoms with Gasteiger partial charge in [-0.2, -0.15) is 0 Å². The van der Waals surface area contributed by atoms with Crippen LogP contribution in [0.1, 0.15) is 11.3 Å². The number of hydrogen-bond donors (Lipinski definition) is 1. The molecule has 1 aromatic heterocycles. The van der Waals surface area contributed by atoms with Gasteiger partial charge in [-0.15, -0.1) is 0 Å². The average Bonchev–Trinajstić information content (AvgIpc) is 2.48. The predicted octanol–water partition coefficient (Wildman–Crippen LogP) is 4.59. The molecule has 0 saturated heterocycles. The number of pyridine rings is 1. The van der Waals surface area contributed by atoms with Gasteiger partial charge in [0.25, 0.3) is 0 Å². The zero-order valence-electron chi connectivity index (χ0n) is 11.5. The average molecular weight is 344 g/mol. The van der Waals surface area contributed by atoms with Gasteiger partial charge in [-0.05, 0) is 31.2 Å². The molecular formula is C17H14BrNO2. The maximum absolute atomic E-state index is 9.43. The Balaban J connectivity index is 2.10. The predicted molar refractivity (Wildman–Crippen MR) is 86.6 cm³/mol. The lowest BCUT2D eigenvalue weighted by molar-refractivity contribution is 0.276. The summed E-state index contributed by atoms with van der Waals surface area (Å²) in [6.07, 6.45) is 0. The number of aryl methyl sites for hydroxylation is 1. The number of hydrogen-bond acceptors (Lipinski definition) is 3. The maximum Gasteiger partial charge on any atom is 0.153 e. The fourth-order valence-corrected chi connectivity index (χ4v) is 2.51. The van der Waals surface area contributed by atoms with Crippen LogP contribution in [0.3, 0.4) is 0 Å². The molecule has 3 nitrogen and oxygen atoms in total. The van der Waals surface area contributed by atoms with Gasteiger partial charge in [0.05, 0.1) is 6.61 Å². The van der Waals surface area contributed by atoms with Gasteiger partial charge >= 0.3 is 0 Å². The van der Waals surface area contributed by atoms with Crippen LogP contribution in [0.4, 0.5) is 0 Å². The van der Waals surface area contributed by atoms with Gasteiger partial charge < -0.3 is 9.84 Å². The summed E-state index contributed by atoms with van der Waals surface area (Å²) in [5, 5.41) is 10.5. The number of aliphatic hydroxyl groups excluding tert-OH is 1. The zero-order valence-corrected chi connectivity index (χ0v) is 13.1. The van der Waals surface area contributed by atoms with E-state index in [9.17, 15) is 5.11 Å². The first-order valence-corrected chi connectivity index (χ1v) is 7.40. The molecule has 0 radical (unpaired) electrons. The van der Waals surface area contributed by atoms with Gasteiger partial charge in [0, 0.05) is 21.1 Å². The molecule has 0 saturated carbocycles. The number of para-hydroxylation sites is 1. The van der Waals surface area contributed by atoms with E-state index in [2.05, 4.69) is 20.9 Å². The number of nitrogens with zero attached hydrogens (tertiary/aromatic N) is 1. The van der Waals surface area contributed by atoms with Crippen molar-refractivity contribution in [3.63, 3.8) is 0 Å². The van der Waals surface area contributed by atoms with Crippen LogP contribution in [0.15, 0.2) is 53.0 Å². The summed E-state index contributed by atoms with van der Waals surface area (Å²) in [5.74, 6) is 1.31. The Bertz CT molecular complexity index is 802. The Morgan fingerprint density at radius 2 is 1.95 bits per heavy atom. The number of ether oxygens (including phenoxy) is 1. The van der Waals surface area contributed by atoms with Crippen LogP contribution < -0.4 is 4.74 Å². The lowest BCUT2D eigenvalue weighted by atomic mass is 10.2. The van der Waals surface area contributed by atoms with Gasteiger partial charge in [-0.25, -0.2) is 4.98 Å². The van der Waals surface area contributed by atoms with Crippen molar-refractivity contribution in [1.82, 2.24) is 4.98 Å². The van der Waals surface area contributed by atoms with E-state index in [-0.39, 0.29) is 6.61 Å². The van der Waals surface area contributed by atoms with Crippen molar-refractivity contribution >= 4 is 26.8 Å². The molecule has 2 aromatic carbocycles. The summed E-state index contributed by atoms with van der Waals surface area (Å²) >= 11 is 3.42. The molecule has 0 atom stereocenters. The van der Waals surface area contributed by atoms with Crippen LogP contribution in [0, 0.1) is 6.92 Å². The van der Waals surface area contributed by atoms with Gasteiger partial charge in [0.2, 0.25) is 0 Å². The highest BCUT2D eigenvalue weighted by Crippen LogP contribution is 2.32. The van der Waals surface area contributed by atoms with Gasteiger partial charge in [0.1, 0.15) is 11.3 Å². The Morgan fingerprint density at radius 1 is 1.10 bits per heavy atom. The molecular weight excluding hydrogens is 330 g/mol. The summed E-state index contributed by atoms with van der Waals surface area (Å²) in [4.78, 5) is 4.55. The molecule has 1 N–H and O–H groups in total.